The van der Waals surface area contributed by atoms with Crippen LogP contribution < -0.4 is 5.73 Å². The van der Waals surface area contributed by atoms with Gasteiger partial charge >= 0.3 is 0 Å². The van der Waals surface area contributed by atoms with Gasteiger partial charge in [0, 0.05) is 33.9 Å². The minimum absolute atomic E-state index is 0.0195. The SMILES string of the molecule is COCCC(N)C(=O)N(C)CCN(C)C. The molecule has 0 fully saturated rings. The molecule has 5 nitrogen and oxygen atoms in total. The number of methoxy groups -OCH3 is 1. The van der Waals surface area contributed by atoms with E-state index in [4.69, 9.17) is 10.5 Å². The number of amides is 1. The summed E-state index contributed by atoms with van der Waals surface area (Å²) in [7, 11) is 7.33. The van der Waals surface area contributed by atoms with E-state index in [-0.39, 0.29) is 5.91 Å². The number of nitrogens with zero attached hydrogens (tertiary/aromatic N) is 2. The number of nitrogens with two attached hydrogens (primary N) is 1. The molecule has 0 radical (unpaired) electrons. The predicted molar refractivity (Wildman–Crippen MR) is 60.7 cm³/mol. The normalized spacial score (nSPS) is 12.9. The number of ether oxygens (including phenoxy) is 1. The lowest BCUT2D eigenvalue weighted by Crippen LogP contribution is -2.44. The van der Waals surface area contributed by atoms with E-state index in [1.807, 2.05) is 19.0 Å². The minimum Gasteiger partial charge on any atom is -0.385 e. The average molecular weight is 217 g/mol. The van der Waals surface area contributed by atoms with Crippen molar-refractivity contribution >= 4 is 5.91 Å². The van der Waals surface area contributed by atoms with Crippen LogP contribution in [0.1, 0.15) is 6.42 Å². The molecular weight excluding hydrogens is 194 g/mol. The monoisotopic (exact) mass is 217 g/mol. The quantitative estimate of drug-likeness (QED) is 0.617. The maximum Gasteiger partial charge on any atom is 0.239 e. The number of likely N-dealkylation sites (N-methyl/N-ethyl adjacent to an activating group) is 2. The standard InChI is InChI=1S/C10H23N3O2/c1-12(2)6-7-13(3)10(14)9(11)5-8-15-4/h9H,5-8,11H2,1-4H3. The van der Waals surface area contributed by atoms with Crippen molar-refractivity contribution in [2.45, 2.75) is 12.5 Å². The van der Waals surface area contributed by atoms with Gasteiger partial charge in [-0.25, -0.2) is 0 Å². The Morgan fingerprint density at radius 2 is 1.93 bits per heavy atom. The van der Waals surface area contributed by atoms with Gasteiger partial charge in [-0.05, 0) is 20.5 Å². The van der Waals surface area contributed by atoms with Crippen molar-refractivity contribution in [3.05, 3.63) is 0 Å². The molecule has 0 aliphatic heterocycles. The summed E-state index contributed by atoms with van der Waals surface area (Å²) >= 11 is 0. The highest BCUT2D eigenvalue weighted by Gasteiger charge is 2.17. The summed E-state index contributed by atoms with van der Waals surface area (Å²) in [6.07, 6.45) is 0.571. The van der Waals surface area contributed by atoms with Gasteiger partial charge in [-0.15, -0.1) is 0 Å². The number of hydrogen-bond acceptors (Lipinski definition) is 4. The van der Waals surface area contributed by atoms with Gasteiger partial charge in [0.05, 0.1) is 6.04 Å². The molecule has 2 N–H and O–H groups in total. The molecule has 0 aliphatic rings. The first kappa shape index (κ1) is 14.3. The van der Waals surface area contributed by atoms with Crippen LogP contribution in [-0.2, 0) is 9.53 Å². The highest BCUT2D eigenvalue weighted by Crippen LogP contribution is 1.95. The third-order valence-electron chi connectivity index (χ3n) is 2.21. The van der Waals surface area contributed by atoms with Crippen LogP contribution in [0.4, 0.5) is 0 Å². The molecule has 0 aromatic heterocycles. The summed E-state index contributed by atoms with van der Waals surface area (Å²) in [5, 5.41) is 0. The molecule has 0 rings (SSSR count). The first-order valence-electron chi connectivity index (χ1n) is 5.13. The zero-order valence-electron chi connectivity index (χ0n) is 10.2. The fourth-order valence-corrected chi connectivity index (χ4v) is 1.11. The van der Waals surface area contributed by atoms with Crippen molar-refractivity contribution in [1.82, 2.24) is 9.80 Å². The molecule has 5 heteroatoms. The Labute approximate surface area is 92.2 Å². The molecule has 90 valence electrons. The van der Waals surface area contributed by atoms with Crippen LogP contribution in [0.15, 0.2) is 0 Å². The lowest BCUT2D eigenvalue weighted by atomic mass is 10.2. The zero-order chi connectivity index (χ0) is 11.8. The Hall–Kier alpha value is -0.650. The second-order valence-corrected chi connectivity index (χ2v) is 3.95. The number of carbonyl (C=O) groups is 1. The van der Waals surface area contributed by atoms with Crippen LogP contribution >= 0.6 is 0 Å². The van der Waals surface area contributed by atoms with Crippen molar-refractivity contribution in [2.75, 3.05) is 47.9 Å². The van der Waals surface area contributed by atoms with Gasteiger partial charge in [0.15, 0.2) is 0 Å². The number of hydrogen-bond donors (Lipinski definition) is 1. The molecule has 1 amide bonds. The van der Waals surface area contributed by atoms with Crippen molar-refractivity contribution in [3.8, 4) is 0 Å². The van der Waals surface area contributed by atoms with E-state index in [1.165, 1.54) is 0 Å². The Kier molecular flexibility index (Phi) is 7.29. The van der Waals surface area contributed by atoms with Gasteiger partial charge in [-0.1, -0.05) is 0 Å². The Morgan fingerprint density at radius 3 is 2.40 bits per heavy atom. The smallest absolute Gasteiger partial charge is 0.239 e. The van der Waals surface area contributed by atoms with Crippen LogP contribution in [-0.4, -0.2) is 69.7 Å². The van der Waals surface area contributed by atoms with Gasteiger partial charge in [0.2, 0.25) is 5.91 Å². The average Bonchev–Trinajstić information content (AvgIpc) is 2.21. The molecule has 1 atom stereocenters. The summed E-state index contributed by atoms with van der Waals surface area (Å²) in [6, 6.07) is -0.447. The Morgan fingerprint density at radius 1 is 1.33 bits per heavy atom. The predicted octanol–water partition coefficient (Wildman–Crippen LogP) is -0.630. The molecule has 0 bridgehead atoms. The van der Waals surface area contributed by atoms with E-state index in [9.17, 15) is 4.79 Å². The molecule has 0 aliphatic carbocycles. The van der Waals surface area contributed by atoms with E-state index in [2.05, 4.69) is 0 Å². The largest absolute Gasteiger partial charge is 0.385 e. The van der Waals surface area contributed by atoms with Crippen molar-refractivity contribution in [3.63, 3.8) is 0 Å². The second kappa shape index (κ2) is 7.62. The zero-order valence-corrected chi connectivity index (χ0v) is 10.2. The lowest BCUT2D eigenvalue weighted by Gasteiger charge is -2.22. The molecule has 0 aromatic rings. The first-order chi connectivity index (χ1) is 6.99. The van der Waals surface area contributed by atoms with Crippen LogP contribution in [0.25, 0.3) is 0 Å². The minimum atomic E-state index is -0.447. The summed E-state index contributed by atoms with van der Waals surface area (Å²) in [4.78, 5) is 15.4. The van der Waals surface area contributed by atoms with E-state index in [0.717, 1.165) is 6.54 Å². The fraction of sp³-hybridized carbons (Fsp3) is 0.900. The van der Waals surface area contributed by atoms with Crippen molar-refractivity contribution in [2.24, 2.45) is 5.73 Å². The van der Waals surface area contributed by atoms with Crippen LogP contribution in [0, 0.1) is 0 Å². The van der Waals surface area contributed by atoms with E-state index in [0.29, 0.717) is 19.6 Å². The lowest BCUT2D eigenvalue weighted by molar-refractivity contribution is -0.131. The van der Waals surface area contributed by atoms with Crippen LogP contribution in [0.2, 0.25) is 0 Å². The number of rotatable bonds is 7. The van der Waals surface area contributed by atoms with Gasteiger partial charge in [-0.2, -0.15) is 0 Å². The van der Waals surface area contributed by atoms with Gasteiger partial charge < -0.3 is 20.3 Å². The van der Waals surface area contributed by atoms with E-state index < -0.39 is 6.04 Å². The summed E-state index contributed by atoms with van der Waals surface area (Å²) in [5.74, 6) is -0.0195. The molecule has 0 aromatic carbocycles. The summed E-state index contributed by atoms with van der Waals surface area (Å²) < 4.78 is 4.88. The van der Waals surface area contributed by atoms with Crippen LogP contribution in [0.5, 0.6) is 0 Å². The highest BCUT2D eigenvalue weighted by atomic mass is 16.5. The molecule has 0 saturated heterocycles. The molecule has 0 heterocycles. The number of carbonyl (C=O) groups excluding carboxylic acids is 1. The molecule has 0 spiro atoms. The highest BCUT2D eigenvalue weighted by molar-refractivity contribution is 5.81. The Balaban J connectivity index is 3.85. The van der Waals surface area contributed by atoms with E-state index in [1.54, 1.807) is 19.1 Å². The van der Waals surface area contributed by atoms with Crippen LogP contribution in [0.3, 0.4) is 0 Å². The van der Waals surface area contributed by atoms with Crippen molar-refractivity contribution < 1.29 is 9.53 Å². The van der Waals surface area contributed by atoms with E-state index >= 15 is 0 Å². The molecular formula is C10H23N3O2. The molecule has 0 saturated carbocycles. The summed E-state index contributed by atoms with van der Waals surface area (Å²) in [5.41, 5.74) is 5.73. The third kappa shape index (κ3) is 6.43. The maximum absolute atomic E-state index is 11.7. The third-order valence-corrected chi connectivity index (χ3v) is 2.21. The topological polar surface area (TPSA) is 58.8 Å². The van der Waals surface area contributed by atoms with Gasteiger partial charge in [0.25, 0.3) is 0 Å². The Bertz CT molecular complexity index is 186. The first-order valence-corrected chi connectivity index (χ1v) is 5.13. The van der Waals surface area contributed by atoms with Crippen molar-refractivity contribution in [1.29, 1.82) is 0 Å². The molecule has 1 unspecified atom stereocenters. The van der Waals surface area contributed by atoms with Gasteiger partial charge in [-0.3, -0.25) is 4.79 Å². The summed E-state index contributed by atoms with van der Waals surface area (Å²) in [6.45, 7) is 2.07. The molecule has 15 heavy (non-hydrogen) atoms. The fourth-order valence-electron chi connectivity index (χ4n) is 1.11. The maximum atomic E-state index is 11.7. The van der Waals surface area contributed by atoms with Gasteiger partial charge in [0.1, 0.15) is 0 Å². The second-order valence-electron chi connectivity index (χ2n) is 3.95.